The molecule has 0 aromatic carbocycles. The average Bonchev–Trinajstić information content (AvgIpc) is 2.19. The van der Waals surface area contributed by atoms with Crippen LogP contribution in [-0.4, -0.2) is 15.0 Å². The van der Waals surface area contributed by atoms with Crippen LogP contribution < -0.4 is 0 Å². The third kappa shape index (κ3) is 1.69. The number of aromatic nitrogens is 3. The van der Waals surface area contributed by atoms with Gasteiger partial charge >= 0.3 is 0 Å². The molecular formula is C10H9N3. The Morgan fingerprint density at radius 2 is 2.00 bits per heavy atom. The maximum atomic E-state index is 4.34. The smallest absolute Gasteiger partial charge is 0.0903 e. The molecule has 0 aliphatic rings. The predicted octanol–water partition coefficient (Wildman–Crippen LogP) is 1.85. The Kier molecular flexibility index (Phi) is 2.00. The number of hydrogen-bond acceptors (Lipinski definition) is 3. The van der Waals surface area contributed by atoms with E-state index in [1.54, 1.807) is 24.8 Å². The zero-order chi connectivity index (χ0) is 9.10. The fraction of sp³-hybridized carbons (Fsp3) is 0.100. The number of rotatable bonds is 1. The topological polar surface area (TPSA) is 38.7 Å². The molecule has 0 N–H and O–H groups in total. The number of pyridine rings is 1. The molecule has 0 aliphatic heterocycles. The summed E-state index contributed by atoms with van der Waals surface area (Å²) in [5.74, 6) is 0. The van der Waals surface area contributed by atoms with E-state index in [9.17, 15) is 0 Å². The van der Waals surface area contributed by atoms with Crippen LogP contribution in [0.2, 0.25) is 0 Å². The lowest BCUT2D eigenvalue weighted by atomic mass is 10.2. The minimum Gasteiger partial charge on any atom is -0.264 e. The number of hydrogen-bond donors (Lipinski definition) is 0. The van der Waals surface area contributed by atoms with Crippen LogP contribution in [0.5, 0.6) is 0 Å². The monoisotopic (exact) mass is 171 g/mol. The molecule has 2 rings (SSSR count). The zero-order valence-electron chi connectivity index (χ0n) is 7.31. The Bertz CT molecular complexity index is 398. The van der Waals surface area contributed by atoms with Crippen molar-refractivity contribution < 1.29 is 0 Å². The lowest BCUT2D eigenvalue weighted by Crippen LogP contribution is -1.88. The molecule has 0 amide bonds. The molecule has 2 aromatic heterocycles. The summed E-state index contributed by atoms with van der Waals surface area (Å²) >= 11 is 0. The second-order valence-electron chi connectivity index (χ2n) is 2.79. The fourth-order valence-corrected chi connectivity index (χ4v) is 1.12. The van der Waals surface area contributed by atoms with E-state index in [0.29, 0.717) is 0 Å². The fourth-order valence-electron chi connectivity index (χ4n) is 1.12. The van der Waals surface area contributed by atoms with Crippen LogP contribution in [0, 0.1) is 6.92 Å². The summed E-state index contributed by atoms with van der Waals surface area (Å²) in [5.41, 5.74) is 2.79. The summed E-state index contributed by atoms with van der Waals surface area (Å²) in [5, 5.41) is 0. The van der Waals surface area contributed by atoms with Crippen molar-refractivity contribution >= 4 is 0 Å². The largest absolute Gasteiger partial charge is 0.264 e. The van der Waals surface area contributed by atoms with Gasteiger partial charge in [-0.15, -0.1) is 0 Å². The van der Waals surface area contributed by atoms with E-state index in [4.69, 9.17) is 0 Å². The third-order valence-electron chi connectivity index (χ3n) is 1.71. The molecule has 0 bridgehead atoms. The van der Waals surface area contributed by atoms with Gasteiger partial charge in [-0.2, -0.15) is 0 Å². The molecule has 0 atom stereocenters. The lowest BCUT2D eigenvalue weighted by Gasteiger charge is -1.99. The van der Waals surface area contributed by atoms with Gasteiger partial charge in [0.1, 0.15) is 0 Å². The van der Waals surface area contributed by atoms with Gasteiger partial charge in [0, 0.05) is 24.2 Å². The van der Waals surface area contributed by atoms with E-state index in [1.165, 1.54) is 0 Å². The first-order valence-electron chi connectivity index (χ1n) is 4.05. The zero-order valence-corrected chi connectivity index (χ0v) is 7.31. The van der Waals surface area contributed by atoms with Crippen molar-refractivity contribution in [2.45, 2.75) is 6.92 Å². The second-order valence-corrected chi connectivity index (χ2v) is 2.79. The van der Waals surface area contributed by atoms with Crippen molar-refractivity contribution in [3.8, 4) is 11.3 Å². The normalized spacial score (nSPS) is 9.92. The lowest BCUT2D eigenvalue weighted by molar-refractivity contribution is 1.12. The van der Waals surface area contributed by atoms with Crippen LogP contribution in [0.25, 0.3) is 11.3 Å². The summed E-state index contributed by atoms with van der Waals surface area (Å²) < 4.78 is 0. The maximum Gasteiger partial charge on any atom is 0.0903 e. The predicted molar refractivity (Wildman–Crippen MR) is 50.0 cm³/mol. The van der Waals surface area contributed by atoms with Crippen molar-refractivity contribution in [1.29, 1.82) is 0 Å². The molecule has 3 nitrogen and oxygen atoms in total. The maximum absolute atomic E-state index is 4.34. The van der Waals surface area contributed by atoms with Crippen molar-refractivity contribution in [2.75, 3.05) is 0 Å². The molecule has 3 heteroatoms. The van der Waals surface area contributed by atoms with Gasteiger partial charge in [0.25, 0.3) is 0 Å². The SMILES string of the molecule is Cc1cncc(-c2cccnc2)n1. The van der Waals surface area contributed by atoms with Gasteiger partial charge in [0.05, 0.1) is 17.6 Å². The number of nitrogens with zero attached hydrogens (tertiary/aromatic N) is 3. The van der Waals surface area contributed by atoms with Gasteiger partial charge in [-0.3, -0.25) is 9.97 Å². The Labute approximate surface area is 76.5 Å². The van der Waals surface area contributed by atoms with Gasteiger partial charge in [-0.1, -0.05) is 0 Å². The van der Waals surface area contributed by atoms with Crippen LogP contribution in [0.1, 0.15) is 5.69 Å². The minimum absolute atomic E-state index is 0.869. The number of aryl methyl sites for hydroxylation is 1. The van der Waals surface area contributed by atoms with Crippen molar-refractivity contribution in [3.05, 3.63) is 42.6 Å². The second kappa shape index (κ2) is 3.31. The Morgan fingerprint density at radius 3 is 2.69 bits per heavy atom. The molecule has 64 valence electrons. The highest BCUT2D eigenvalue weighted by molar-refractivity contribution is 5.56. The highest BCUT2D eigenvalue weighted by Crippen LogP contribution is 2.13. The highest BCUT2D eigenvalue weighted by Gasteiger charge is 1.98. The van der Waals surface area contributed by atoms with Crippen molar-refractivity contribution in [3.63, 3.8) is 0 Å². The first-order chi connectivity index (χ1) is 6.36. The molecule has 0 unspecified atom stereocenters. The van der Waals surface area contributed by atoms with E-state index in [2.05, 4.69) is 15.0 Å². The molecule has 0 spiro atoms. The van der Waals surface area contributed by atoms with Crippen LogP contribution >= 0.6 is 0 Å². The highest BCUT2D eigenvalue weighted by atomic mass is 14.8. The molecule has 0 fully saturated rings. The summed E-state index contributed by atoms with van der Waals surface area (Å²) in [6.45, 7) is 1.92. The van der Waals surface area contributed by atoms with E-state index in [0.717, 1.165) is 17.0 Å². The van der Waals surface area contributed by atoms with Gasteiger partial charge in [-0.25, -0.2) is 4.98 Å². The molecular weight excluding hydrogens is 162 g/mol. The summed E-state index contributed by atoms with van der Waals surface area (Å²) in [6.07, 6.45) is 7.00. The van der Waals surface area contributed by atoms with E-state index >= 15 is 0 Å². The summed E-state index contributed by atoms with van der Waals surface area (Å²) in [6, 6.07) is 3.86. The van der Waals surface area contributed by atoms with E-state index < -0.39 is 0 Å². The van der Waals surface area contributed by atoms with Crippen LogP contribution in [0.4, 0.5) is 0 Å². The molecule has 13 heavy (non-hydrogen) atoms. The molecule has 0 radical (unpaired) electrons. The summed E-state index contributed by atoms with van der Waals surface area (Å²) in [7, 11) is 0. The Morgan fingerprint density at radius 1 is 1.08 bits per heavy atom. The van der Waals surface area contributed by atoms with Crippen LogP contribution in [0.15, 0.2) is 36.9 Å². The first kappa shape index (κ1) is 7.86. The van der Waals surface area contributed by atoms with Gasteiger partial charge in [0.2, 0.25) is 0 Å². The van der Waals surface area contributed by atoms with Gasteiger partial charge in [0.15, 0.2) is 0 Å². The Hall–Kier alpha value is -1.77. The van der Waals surface area contributed by atoms with E-state index in [-0.39, 0.29) is 0 Å². The average molecular weight is 171 g/mol. The first-order valence-corrected chi connectivity index (χ1v) is 4.05. The van der Waals surface area contributed by atoms with Gasteiger partial charge < -0.3 is 0 Å². The quantitative estimate of drug-likeness (QED) is 0.657. The standard InChI is InChI=1S/C10H9N3/c1-8-5-12-7-10(13-8)9-3-2-4-11-6-9/h2-7H,1H3. The third-order valence-corrected chi connectivity index (χ3v) is 1.71. The molecule has 0 aliphatic carbocycles. The Balaban J connectivity index is 2.48. The summed E-state index contributed by atoms with van der Waals surface area (Å²) in [4.78, 5) is 12.4. The van der Waals surface area contributed by atoms with Crippen molar-refractivity contribution in [1.82, 2.24) is 15.0 Å². The molecule has 2 aromatic rings. The molecule has 0 saturated carbocycles. The van der Waals surface area contributed by atoms with Crippen LogP contribution in [-0.2, 0) is 0 Å². The van der Waals surface area contributed by atoms with Crippen molar-refractivity contribution in [2.24, 2.45) is 0 Å². The molecule has 2 heterocycles. The molecule has 0 saturated heterocycles. The van der Waals surface area contributed by atoms with Crippen LogP contribution in [0.3, 0.4) is 0 Å². The van der Waals surface area contributed by atoms with E-state index in [1.807, 2.05) is 19.1 Å². The van der Waals surface area contributed by atoms with Gasteiger partial charge in [-0.05, 0) is 19.1 Å². The minimum atomic E-state index is 0.869.